The summed E-state index contributed by atoms with van der Waals surface area (Å²) >= 11 is 9.37. The summed E-state index contributed by atoms with van der Waals surface area (Å²) in [7, 11) is 0. The Kier molecular flexibility index (Phi) is 4.89. The first kappa shape index (κ1) is 15.1. The molecule has 5 heteroatoms. The fourth-order valence-corrected chi connectivity index (χ4v) is 2.42. The summed E-state index contributed by atoms with van der Waals surface area (Å²) in [6.45, 7) is 4.38. The molecule has 1 aromatic heterocycles. The zero-order chi connectivity index (χ0) is 14.7. The maximum absolute atomic E-state index is 11.9. The lowest BCUT2D eigenvalue weighted by Gasteiger charge is -2.12. The van der Waals surface area contributed by atoms with Gasteiger partial charge in [-0.25, -0.2) is 0 Å². The third-order valence-electron chi connectivity index (χ3n) is 2.61. The summed E-state index contributed by atoms with van der Waals surface area (Å²) < 4.78 is 8.04. The number of hydrogen-bond donors (Lipinski definition) is 0. The predicted molar refractivity (Wildman–Crippen MR) is 84.7 cm³/mol. The standard InChI is InChI=1S/C15H15BrClNO2/c1-10(2)20-14-6-11(5-13(17)8-14)9-18-4-3-12(16)7-15(18)19/h3-8,10H,9H2,1-2H3. The van der Waals surface area contributed by atoms with Gasteiger partial charge in [0.15, 0.2) is 0 Å². The Morgan fingerprint density at radius 3 is 2.70 bits per heavy atom. The van der Waals surface area contributed by atoms with Crippen molar-refractivity contribution in [2.24, 2.45) is 0 Å². The van der Waals surface area contributed by atoms with Crippen LogP contribution < -0.4 is 10.3 Å². The number of benzene rings is 1. The molecule has 1 aromatic carbocycles. The van der Waals surface area contributed by atoms with E-state index in [1.165, 1.54) is 6.07 Å². The lowest BCUT2D eigenvalue weighted by molar-refractivity contribution is 0.242. The number of aromatic nitrogens is 1. The van der Waals surface area contributed by atoms with Crippen LogP contribution in [0, 0.1) is 0 Å². The minimum Gasteiger partial charge on any atom is -0.491 e. The number of nitrogens with zero attached hydrogens (tertiary/aromatic N) is 1. The van der Waals surface area contributed by atoms with Crippen molar-refractivity contribution >= 4 is 27.5 Å². The van der Waals surface area contributed by atoms with Crippen LogP contribution in [0.3, 0.4) is 0 Å². The van der Waals surface area contributed by atoms with Crippen LogP contribution in [0.1, 0.15) is 19.4 Å². The first-order chi connectivity index (χ1) is 9.44. The number of ether oxygens (including phenoxy) is 1. The summed E-state index contributed by atoms with van der Waals surface area (Å²) in [5.74, 6) is 0.715. The van der Waals surface area contributed by atoms with E-state index >= 15 is 0 Å². The highest BCUT2D eigenvalue weighted by Gasteiger charge is 2.05. The van der Waals surface area contributed by atoms with Gasteiger partial charge in [0.25, 0.3) is 5.56 Å². The Hall–Kier alpha value is -1.26. The molecule has 0 saturated heterocycles. The van der Waals surface area contributed by atoms with Gasteiger partial charge in [0.05, 0.1) is 12.6 Å². The Balaban J connectivity index is 2.28. The van der Waals surface area contributed by atoms with Crippen molar-refractivity contribution in [2.45, 2.75) is 26.5 Å². The van der Waals surface area contributed by atoms with Crippen LogP contribution in [-0.2, 0) is 6.54 Å². The molecular formula is C15H15BrClNO2. The van der Waals surface area contributed by atoms with Crippen LogP contribution >= 0.6 is 27.5 Å². The molecular weight excluding hydrogens is 342 g/mol. The molecule has 0 atom stereocenters. The first-order valence-corrected chi connectivity index (χ1v) is 7.43. The molecule has 2 aromatic rings. The maximum Gasteiger partial charge on any atom is 0.251 e. The van der Waals surface area contributed by atoms with Crippen molar-refractivity contribution in [3.05, 3.63) is 61.9 Å². The molecule has 0 bridgehead atoms. The summed E-state index contributed by atoms with van der Waals surface area (Å²) in [5, 5.41) is 0.600. The topological polar surface area (TPSA) is 31.2 Å². The third-order valence-corrected chi connectivity index (χ3v) is 3.33. The smallest absolute Gasteiger partial charge is 0.251 e. The average Bonchev–Trinajstić information content (AvgIpc) is 2.31. The molecule has 0 unspecified atom stereocenters. The summed E-state index contributed by atoms with van der Waals surface area (Å²) in [4.78, 5) is 11.9. The van der Waals surface area contributed by atoms with Crippen LogP contribution in [0.5, 0.6) is 5.75 Å². The summed E-state index contributed by atoms with van der Waals surface area (Å²) in [6, 6.07) is 8.88. The van der Waals surface area contributed by atoms with Crippen molar-refractivity contribution in [1.82, 2.24) is 4.57 Å². The van der Waals surface area contributed by atoms with Gasteiger partial charge in [0.2, 0.25) is 0 Å². The van der Waals surface area contributed by atoms with Crippen molar-refractivity contribution in [1.29, 1.82) is 0 Å². The van der Waals surface area contributed by atoms with Gasteiger partial charge in [0.1, 0.15) is 5.75 Å². The van der Waals surface area contributed by atoms with Gasteiger partial charge in [-0.3, -0.25) is 4.79 Å². The molecule has 0 spiro atoms. The van der Waals surface area contributed by atoms with Crippen LogP contribution in [0.2, 0.25) is 5.02 Å². The van der Waals surface area contributed by atoms with Gasteiger partial charge in [-0.05, 0) is 43.7 Å². The zero-order valence-electron chi connectivity index (χ0n) is 11.3. The first-order valence-electron chi connectivity index (χ1n) is 6.26. The summed E-state index contributed by atoms with van der Waals surface area (Å²) in [5.41, 5.74) is 0.864. The second-order valence-electron chi connectivity index (χ2n) is 4.77. The average molecular weight is 357 g/mol. The highest BCUT2D eigenvalue weighted by Crippen LogP contribution is 2.22. The van der Waals surface area contributed by atoms with Crippen LogP contribution in [0.15, 0.2) is 45.8 Å². The largest absolute Gasteiger partial charge is 0.491 e. The van der Waals surface area contributed by atoms with E-state index in [1.54, 1.807) is 16.8 Å². The van der Waals surface area contributed by atoms with Gasteiger partial charge in [0, 0.05) is 21.8 Å². The molecule has 2 rings (SSSR count). The van der Waals surface area contributed by atoms with E-state index in [0.717, 1.165) is 10.0 Å². The van der Waals surface area contributed by atoms with Crippen molar-refractivity contribution in [3.8, 4) is 5.75 Å². The SMILES string of the molecule is CC(C)Oc1cc(Cl)cc(Cn2ccc(Br)cc2=O)c1. The van der Waals surface area contributed by atoms with Crippen LogP contribution in [-0.4, -0.2) is 10.7 Å². The van der Waals surface area contributed by atoms with Gasteiger partial charge in [-0.2, -0.15) is 0 Å². The van der Waals surface area contributed by atoms with Crippen LogP contribution in [0.4, 0.5) is 0 Å². The fraction of sp³-hybridized carbons (Fsp3) is 0.267. The van der Waals surface area contributed by atoms with Crippen LogP contribution in [0.25, 0.3) is 0 Å². The molecule has 0 aliphatic heterocycles. The molecule has 0 fully saturated rings. The molecule has 0 aliphatic rings. The van der Waals surface area contributed by atoms with Crippen molar-refractivity contribution in [3.63, 3.8) is 0 Å². The van der Waals surface area contributed by atoms with Crippen molar-refractivity contribution in [2.75, 3.05) is 0 Å². The van der Waals surface area contributed by atoms with E-state index in [2.05, 4.69) is 15.9 Å². The molecule has 0 radical (unpaired) electrons. The van der Waals surface area contributed by atoms with E-state index in [1.807, 2.05) is 32.0 Å². The van der Waals surface area contributed by atoms with Crippen molar-refractivity contribution < 1.29 is 4.74 Å². The highest BCUT2D eigenvalue weighted by atomic mass is 79.9. The number of pyridine rings is 1. The van der Waals surface area contributed by atoms with Gasteiger partial charge in [-0.1, -0.05) is 27.5 Å². The molecule has 3 nitrogen and oxygen atoms in total. The lowest BCUT2D eigenvalue weighted by Crippen LogP contribution is -2.18. The zero-order valence-corrected chi connectivity index (χ0v) is 13.6. The number of rotatable bonds is 4. The minimum absolute atomic E-state index is 0.0642. The Labute approximate surface area is 131 Å². The normalized spacial score (nSPS) is 10.8. The third kappa shape index (κ3) is 4.12. The predicted octanol–water partition coefficient (Wildman–Crippen LogP) is 4.10. The molecule has 0 saturated carbocycles. The van der Waals surface area contributed by atoms with E-state index in [0.29, 0.717) is 17.3 Å². The Bertz CT molecular complexity index is 667. The van der Waals surface area contributed by atoms with Gasteiger partial charge in [-0.15, -0.1) is 0 Å². The molecule has 0 amide bonds. The fourth-order valence-electron chi connectivity index (χ4n) is 1.86. The number of halogens is 2. The molecule has 0 aliphatic carbocycles. The number of hydrogen-bond acceptors (Lipinski definition) is 2. The Morgan fingerprint density at radius 2 is 2.05 bits per heavy atom. The van der Waals surface area contributed by atoms with Gasteiger partial charge < -0.3 is 9.30 Å². The maximum atomic E-state index is 11.9. The van der Waals surface area contributed by atoms with Gasteiger partial charge >= 0.3 is 0 Å². The second-order valence-corrected chi connectivity index (χ2v) is 6.12. The monoisotopic (exact) mass is 355 g/mol. The van der Waals surface area contributed by atoms with E-state index in [4.69, 9.17) is 16.3 Å². The highest BCUT2D eigenvalue weighted by molar-refractivity contribution is 9.10. The quantitative estimate of drug-likeness (QED) is 0.826. The second kappa shape index (κ2) is 6.46. The molecule has 0 N–H and O–H groups in total. The molecule has 20 heavy (non-hydrogen) atoms. The molecule has 1 heterocycles. The minimum atomic E-state index is -0.0642. The summed E-state index contributed by atoms with van der Waals surface area (Å²) in [6.07, 6.45) is 1.83. The van der Waals surface area contributed by atoms with E-state index < -0.39 is 0 Å². The lowest BCUT2D eigenvalue weighted by atomic mass is 10.2. The molecule has 106 valence electrons. The Morgan fingerprint density at radius 1 is 1.30 bits per heavy atom. The van der Waals surface area contributed by atoms with E-state index in [9.17, 15) is 4.79 Å². The van der Waals surface area contributed by atoms with E-state index in [-0.39, 0.29) is 11.7 Å².